The first-order chi connectivity index (χ1) is 20.3. The predicted octanol–water partition coefficient (Wildman–Crippen LogP) is 5.08. The van der Waals surface area contributed by atoms with Gasteiger partial charge in [0.25, 0.3) is 11.6 Å². The molecule has 14 heteroatoms. The van der Waals surface area contributed by atoms with Crippen molar-refractivity contribution in [2.45, 2.75) is 65.6 Å². The number of aryl methyl sites for hydroxylation is 1. The van der Waals surface area contributed by atoms with Gasteiger partial charge in [-0.1, -0.05) is 38.6 Å². The molecule has 1 unspecified atom stereocenters. The minimum absolute atomic E-state index is 0.0286. The van der Waals surface area contributed by atoms with Gasteiger partial charge in [0.2, 0.25) is 5.91 Å². The molecule has 2 heterocycles. The topological polar surface area (TPSA) is 158 Å². The molecule has 0 spiro atoms. The average molecular weight is 629 g/mol. The first-order valence-corrected chi connectivity index (χ1v) is 15.8. The van der Waals surface area contributed by atoms with Crippen molar-refractivity contribution in [3.05, 3.63) is 61.3 Å². The molecular weight excluding hydrogens is 592 g/mol. The van der Waals surface area contributed by atoms with E-state index in [1.807, 2.05) is 0 Å². The molecule has 2 aromatic heterocycles. The van der Waals surface area contributed by atoms with E-state index in [1.165, 1.54) is 41.3 Å². The van der Waals surface area contributed by atoms with Gasteiger partial charge in [-0.3, -0.25) is 19.7 Å². The maximum atomic E-state index is 13.0. The van der Waals surface area contributed by atoms with Gasteiger partial charge in [-0.05, 0) is 56.1 Å². The van der Waals surface area contributed by atoms with Gasteiger partial charge in [-0.15, -0.1) is 21.5 Å². The van der Waals surface area contributed by atoms with Gasteiger partial charge < -0.3 is 19.9 Å². The fourth-order valence-electron chi connectivity index (χ4n) is 4.96. The lowest BCUT2D eigenvalue weighted by molar-refractivity contribution is -0.385. The fourth-order valence-corrected chi connectivity index (χ4v) is 7.02. The lowest BCUT2D eigenvalue weighted by Gasteiger charge is -2.33. The molecule has 0 radical (unpaired) electrons. The van der Waals surface area contributed by atoms with Crippen LogP contribution in [-0.2, 0) is 36.0 Å². The number of anilines is 1. The Morgan fingerprint density at radius 2 is 2.00 bits per heavy atom. The van der Waals surface area contributed by atoms with Crippen LogP contribution in [0.2, 0.25) is 0 Å². The molecule has 2 amide bonds. The molecule has 230 valence electrons. The Bertz CT molecular complexity index is 1560. The Balaban J connectivity index is 1.39. The SMILES string of the molecule is CCOC(=O)c1c(NC(=O)CSc2nnc(CNC(=O)c3ccc(C)c([N+](=O)[O-])c3)n2C)sc2c1CCC(C(C)(C)C)C2. The Morgan fingerprint density at radius 3 is 2.67 bits per heavy atom. The molecule has 3 aromatic rings. The van der Waals surface area contributed by atoms with Crippen LogP contribution in [0.5, 0.6) is 0 Å². The highest BCUT2D eigenvalue weighted by atomic mass is 32.2. The Labute approximate surface area is 258 Å². The van der Waals surface area contributed by atoms with Crippen LogP contribution in [0.25, 0.3) is 0 Å². The van der Waals surface area contributed by atoms with Crippen molar-refractivity contribution >= 4 is 51.6 Å². The number of nitrogens with zero attached hydrogens (tertiary/aromatic N) is 4. The zero-order valence-electron chi connectivity index (χ0n) is 25.1. The predicted molar refractivity (Wildman–Crippen MR) is 165 cm³/mol. The number of hydrogen-bond donors (Lipinski definition) is 2. The van der Waals surface area contributed by atoms with Gasteiger partial charge >= 0.3 is 5.97 Å². The smallest absolute Gasteiger partial charge is 0.341 e. The molecule has 0 bridgehead atoms. The number of rotatable bonds is 10. The number of nitro benzene ring substituents is 1. The summed E-state index contributed by atoms with van der Waals surface area (Å²) in [6.45, 7) is 10.3. The van der Waals surface area contributed by atoms with Gasteiger partial charge in [0.15, 0.2) is 11.0 Å². The maximum Gasteiger partial charge on any atom is 0.341 e. The molecule has 0 aliphatic heterocycles. The molecule has 1 aromatic carbocycles. The number of benzene rings is 1. The van der Waals surface area contributed by atoms with Crippen LogP contribution in [0.4, 0.5) is 10.7 Å². The maximum absolute atomic E-state index is 13.0. The van der Waals surface area contributed by atoms with Gasteiger partial charge in [-0.2, -0.15) is 0 Å². The summed E-state index contributed by atoms with van der Waals surface area (Å²) in [6, 6.07) is 4.29. The van der Waals surface area contributed by atoms with Gasteiger partial charge in [0, 0.05) is 29.1 Å². The van der Waals surface area contributed by atoms with Crippen LogP contribution in [0.15, 0.2) is 23.4 Å². The number of carbonyl (C=O) groups excluding carboxylic acids is 3. The minimum Gasteiger partial charge on any atom is -0.462 e. The van der Waals surface area contributed by atoms with Crippen molar-refractivity contribution in [3.8, 4) is 0 Å². The highest BCUT2D eigenvalue weighted by molar-refractivity contribution is 7.99. The molecule has 12 nitrogen and oxygen atoms in total. The third-order valence-corrected chi connectivity index (χ3v) is 9.75. The van der Waals surface area contributed by atoms with Crippen molar-refractivity contribution in [3.63, 3.8) is 0 Å². The molecule has 1 aliphatic rings. The largest absolute Gasteiger partial charge is 0.462 e. The molecule has 2 N–H and O–H groups in total. The highest BCUT2D eigenvalue weighted by Gasteiger charge is 2.34. The lowest BCUT2D eigenvalue weighted by Crippen LogP contribution is -2.26. The van der Waals surface area contributed by atoms with E-state index in [0.29, 0.717) is 33.0 Å². The molecule has 1 atom stereocenters. The minimum atomic E-state index is -0.527. The molecular formula is C29H36N6O6S2. The second kappa shape index (κ2) is 13.2. The van der Waals surface area contributed by atoms with Crippen molar-refractivity contribution in [2.75, 3.05) is 17.7 Å². The van der Waals surface area contributed by atoms with Crippen LogP contribution in [0.3, 0.4) is 0 Å². The zero-order chi connectivity index (χ0) is 31.5. The Kier molecular flexibility index (Phi) is 9.90. The summed E-state index contributed by atoms with van der Waals surface area (Å²) in [5.74, 6) is -0.233. The van der Waals surface area contributed by atoms with E-state index in [4.69, 9.17) is 4.74 Å². The number of thioether (sulfide) groups is 1. The van der Waals surface area contributed by atoms with E-state index in [1.54, 1.807) is 25.5 Å². The number of aromatic nitrogens is 3. The molecule has 43 heavy (non-hydrogen) atoms. The zero-order valence-corrected chi connectivity index (χ0v) is 26.7. The van der Waals surface area contributed by atoms with E-state index in [0.717, 1.165) is 29.7 Å². The standard InChI is InChI=1S/C29H36N6O6S2/c1-7-41-27(38)24-19-11-10-18(29(3,4)5)13-21(19)43-26(24)31-23(36)15-42-28-33-32-22(34(28)6)14-30-25(37)17-9-8-16(2)20(12-17)35(39)40/h8-9,12,18H,7,10-11,13-15H2,1-6H3,(H,30,37)(H,31,36). The van der Waals surface area contributed by atoms with Crippen molar-refractivity contribution in [1.29, 1.82) is 0 Å². The van der Waals surface area contributed by atoms with E-state index < -0.39 is 16.8 Å². The van der Waals surface area contributed by atoms with Crippen molar-refractivity contribution in [1.82, 2.24) is 20.1 Å². The molecule has 0 fully saturated rings. The van der Waals surface area contributed by atoms with E-state index >= 15 is 0 Å². The molecule has 1 aliphatic carbocycles. The fraction of sp³-hybridized carbons (Fsp3) is 0.483. The number of nitrogens with one attached hydrogen (secondary N) is 2. The van der Waals surface area contributed by atoms with Crippen LogP contribution >= 0.6 is 23.1 Å². The first-order valence-electron chi connectivity index (χ1n) is 14.0. The Morgan fingerprint density at radius 1 is 1.26 bits per heavy atom. The number of amides is 2. The van der Waals surface area contributed by atoms with Crippen molar-refractivity contribution in [2.24, 2.45) is 18.4 Å². The summed E-state index contributed by atoms with van der Waals surface area (Å²) in [7, 11) is 1.72. The van der Waals surface area contributed by atoms with Gasteiger partial charge in [-0.25, -0.2) is 4.79 Å². The second-order valence-corrected chi connectivity index (χ2v) is 13.5. The quantitative estimate of drug-likeness (QED) is 0.135. The summed E-state index contributed by atoms with van der Waals surface area (Å²) in [4.78, 5) is 50.3. The number of esters is 1. The van der Waals surface area contributed by atoms with Crippen LogP contribution in [-0.4, -0.2) is 49.8 Å². The lowest BCUT2D eigenvalue weighted by atomic mass is 9.72. The number of fused-ring (bicyclic) bond motifs is 1. The van der Waals surface area contributed by atoms with Crippen LogP contribution in [0, 0.1) is 28.4 Å². The third kappa shape index (κ3) is 7.42. The summed E-state index contributed by atoms with van der Waals surface area (Å²) in [6.07, 6.45) is 2.61. The van der Waals surface area contributed by atoms with E-state index in [-0.39, 0.29) is 41.5 Å². The molecule has 4 rings (SSSR count). The van der Waals surface area contributed by atoms with E-state index in [2.05, 4.69) is 41.6 Å². The van der Waals surface area contributed by atoms with Crippen molar-refractivity contribution < 1.29 is 24.0 Å². The summed E-state index contributed by atoms with van der Waals surface area (Å²) >= 11 is 2.62. The van der Waals surface area contributed by atoms with Crippen LogP contribution < -0.4 is 10.6 Å². The third-order valence-electron chi connectivity index (χ3n) is 7.56. The first kappa shape index (κ1) is 32.1. The summed E-state index contributed by atoms with van der Waals surface area (Å²) in [5.41, 5.74) is 2.08. The number of ether oxygens (including phenoxy) is 1. The number of hydrogen-bond acceptors (Lipinski definition) is 10. The van der Waals surface area contributed by atoms with Crippen LogP contribution in [0.1, 0.15) is 76.7 Å². The normalized spacial score (nSPS) is 14.6. The second-order valence-electron chi connectivity index (χ2n) is 11.5. The number of nitro groups is 1. The number of thiophene rings is 1. The summed E-state index contributed by atoms with van der Waals surface area (Å²) < 4.78 is 7.00. The van der Waals surface area contributed by atoms with E-state index in [9.17, 15) is 24.5 Å². The monoisotopic (exact) mass is 628 g/mol. The number of carbonyl (C=O) groups is 3. The van der Waals surface area contributed by atoms with Gasteiger partial charge in [0.05, 0.1) is 29.4 Å². The van der Waals surface area contributed by atoms with Gasteiger partial charge in [0.1, 0.15) is 5.00 Å². The Hall–Kier alpha value is -3.78. The summed E-state index contributed by atoms with van der Waals surface area (Å²) in [5, 5.41) is 26.1. The molecule has 0 saturated carbocycles. The molecule has 0 saturated heterocycles. The average Bonchev–Trinajstić information content (AvgIpc) is 3.48. The highest BCUT2D eigenvalue weighted by Crippen LogP contribution is 2.44.